The van der Waals surface area contributed by atoms with Crippen LogP contribution in [0.15, 0.2) is 42.6 Å². The number of aromatic carboxylic acids is 1. The van der Waals surface area contributed by atoms with Crippen LogP contribution >= 0.6 is 0 Å². The van der Waals surface area contributed by atoms with Gasteiger partial charge in [0.2, 0.25) is 0 Å². The quantitative estimate of drug-likeness (QED) is 0.925. The van der Waals surface area contributed by atoms with E-state index in [9.17, 15) is 9.59 Å². The Morgan fingerprint density at radius 1 is 1.17 bits per heavy atom. The molecule has 0 radical (unpaired) electrons. The molecular weight excluding hydrogens is 292 g/mol. The summed E-state index contributed by atoms with van der Waals surface area (Å²) >= 11 is 0. The molecule has 2 aromatic rings. The molecule has 1 saturated carbocycles. The highest BCUT2D eigenvalue weighted by molar-refractivity contribution is 5.96. The summed E-state index contributed by atoms with van der Waals surface area (Å²) in [5, 5.41) is 9.04. The average molecular weight is 308 g/mol. The van der Waals surface area contributed by atoms with E-state index in [0.717, 1.165) is 12.8 Å². The van der Waals surface area contributed by atoms with E-state index >= 15 is 0 Å². The summed E-state index contributed by atoms with van der Waals surface area (Å²) in [6.45, 7) is 1.27. The standard InChI is InChI=1S/C18H16N2O3/c21-16(12-5-8-19-15(9-12)17(22)23)20-10-13-3-1-2-4-14(13)18(11-20)6-7-18/h1-5,8-9H,6-7,10-11H2,(H,22,23). The maximum Gasteiger partial charge on any atom is 0.354 e. The predicted octanol–water partition coefficient (Wildman–Crippen LogP) is 2.47. The van der Waals surface area contributed by atoms with Crippen molar-refractivity contribution >= 4 is 11.9 Å². The van der Waals surface area contributed by atoms with Gasteiger partial charge in [-0.2, -0.15) is 0 Å². The Balaban J connectivity index is 1.66. The van der Waals surface area contributed by atoms with E-state index in [4.69, 9.17) is 5.11 Å². The van der Waals surface area contributed by atoms with Gasteiger partial charge in [-0.05, 0) is 36.1 Å². The summed E-state index contributed by atoms with van der Waals surface area (Å²) in [6.07, 6.45) is 3.58. The van der Waals surface area contributed by atoms with Crippen LogP contribution in [0.3, 0.4) is 0 Å². The smallest absolute Gasteiger partial charge is 0.354 e. The highest BCUT2D eigenvalue weighted by atomic mass is 16.4. The van der Waals surface area contributed by atoms with Crippen LogP contribution < -0.4 is 0 Å². The van der Waals surface area contributed by atoms with Crippen molar-refractivity contribution in [3.63, 3.8) is 0 Å². The molecule has 5 heteroatoms. The zero-order valence-electron chi connectivity index (χ0n) is 12.5. The van der Waals surface area contributed by atoms with Crippen LogP contribution in [0.4, 0.5) is 0 Å². The number of aromatic nitrogens is 1. The molecule has 0 saturated heterocycles. The van der Waals surface area contributed by atoms with Gasteiger partial charge < -0.3 is 10.0 Å². The summed E-state index contributed by atoms with van der Waals surface area (Å²) in [5.74, 6) is -1.25. The number of nitrogens with zero attached hydrogens (tertiary/aromatic N) is 2. The fourth-order valence-electron chi connectivity index (χ4n) is 3.47. The van der Waals surface area contributed by atoms with Gasteiger partial charge in [0.15, 0.2) is 0 Å². The molecule has 1 amide bonds. The number of fused-ring (bicyclic) bond motifs is 2. The molecule has 2 heterocycles. The molecule has 1 aliphatic carbocycles. The molecular formula is C18H16N2O3. The molecule has 1 aliphatic heterocycles. The zero-order chi connectivity index (χ0) is 16.0. The topological polar surface area (TPSA) is 70.5 Å². The van der Waals surface area contributed by atoms with E-state index in [0.29, 0.717) is 18.7 Å². The van der Waals surface area contributed by atoms with Crippen molar-refractivity contribution in [2.45, 2.75) is 24.8 Å². The third-order valence-corrected chi connectivity index (χ3v) is 4.81. The number of rotatable bonds is 2. The predicted molar refractivity (Wildman–Crippen MR) is 83.3 cm³/mol. The first-order valence-electron chi connectivity index (χ1n) is 7.66. The van der Waals surface area contributed by atoms with Crippen LogP contribution in [0.2, 0.25) is 0 Å². The number of hydrogen-bond acceptors (Lipinski definition) is 3. The maximum atomic E-state index is 12.8. The monoisotopic (exact) mass is 308 g/mol. The fraction of sp³-hybridized carbons (Fsp3) is 0.278. The molecule has 1 aromatic heterocycles. The second-order valence-corrected chi connectivity index (χ2v) is 6.33. The van der Waals surface area contributed by atoms with Gasteiger partial charge in [-0.15, -0.1) is 0 Å². The van der Waals surface area contributed by atoms with E-state index in [-0.39, 0.29) is 17.0 Å². The minimum absolute atomic E-state index is 0.102. The lowest BCUT2D eigenvalue weighted by Gasteiger charge is -2.35. The Labute approximate surface area is 133 Å². The Morgan fingerprint density at radius 3 is 2.70 bits per heavy atom. The lowest BCUT2D eigenvalue weighted by Crippen LogP contribution is -2.41. The van der Waals surface area contributed by atoms with E-state index in [1.165, 1.54) is 23.4 Å². The molecule has 1 spiro atoms. The van der Waals surface area contributed by atoms with Gasteiger partial charge in [-0.3, -0.25) is 4.79 Å². The Kier molecular flexibility index (Phi) is 2.98. The number of benzene rings is 1. The summed E-state index contributed by atoms with van der Waals surface area (Å²) in [4.78, 5) is 29.4. The molecule has 23 heavy (non-hydrogen) atoms. The van der Waals surface area contributed by atoms with Crippen molar-refractivity contribution in [1.82, 2.24) is 9.88 Å². The fourth-order valence-corrected chi connectivity index (χ4v) is 3.47. The van der Waals surface area contributed by atoms with Crippen molar-refractivity contribution in [2.24, 2.45) is 0 Å². The van der Waals surface area contributed by atoms with Crippen molar-refractivity contribution < 1.29 is 14.7 Å². The summed E-state index contributed by atoms with van der Waals surface area (Å²) in [7, 11) is 0. The van der Waals surface area contributed by atoms with Crippen molar-refractivity contribution in [3.05, 3.63) is 65.0 Å². The number of carbonyl (C=O) groups is 2. The van der Waals surface area contributed by atoms with Crippen LogP contribution in [0.1, 0.15) is 44.8 Å². The molecule has 0 bridgehead atoms. The molecule has 0 atom stereocenters. The lowest BCUT2D eigenvalue weighted by atomic mass is 9.87. The third-order valence-electron chi connectivity index (χ3n) is 4.81. The number of carboxylic acids is 1. The molecule has 1 aromatic carbocycles. The first-order chi connectivity index (χ1) is 11.1. The van der Waals surface area contributed by atoms with Gasteiger partial charge >= 0.3 is 5.97 Å². The van der Waals surface area contributed by atoms with E-state index in [2.05, 4.69) is 23.2 Å². The maximum absolute atomic E-state index is 12.8. The highest BCUT2D eigenvalue weighted by Crippen LogP contribution is 2.52. The normalized spacial score (nSPS) is 17.7. The van der Waals surface area contributed by atoms with Gasteiger partial charge in [0.1, 0.15) is 5.69 Å². The van der Waals surface area contributed by atoms with Crippen LogP contribution in [0.5, 0.6) is 0 Å². The number of carbonyl (C=O) groups excluding carboxylic acids is 1. The highest BCUT2D eigenvalue weighted by Gasteiger charge is 2.49. The largest absolute Gasteiger partial charge is 0.477 e. The number of amides is 1. The molecule has 1 N–H and O–H groups in total. The number of hydrogen-bond donors (Lipinski definition) is 1. The molecule has 2 aliphatic rings. The summed E-state index contributed by atoms with van der Waals surface area (Å²) in [5.41, 5.74) is 2.94. The second kappa shape index (κ2) is 4.91. The Hall–Kier alpha value is -2.69. The van der Waals surface area contributed by atoms with Gasteiger partial charge in [-0.1, -0.05) is 24.3 Å². The second-order valence-electron chi connectivity index (χ2n) is 6.33. The van der Waals surface area contributed by atoms with Crippen LogP contribution in [-0.4, -0.2) is 33.4 Å². The molecule has 0 unspecified atom stereocenters. The van der Waals surface area contributed by atoms with E-state index < -0.39 is 5.97 Å². The van der Waals surface area contributed by atoms with Gasteiger partial charge in [0, 0.05) is 30.3 Å². The van der Waals surface area contributed by atoms with E-state index in [1.54, 1.807) is 6.07 Å². The minimum atomic E-state index is -1.12. The van der Waals surface area contributed by atoms with Crippen molar-refractivity contribution in [2.75, 3.05) is 6.54 Å². The van der Waals surface area contributed by atoms with Gasteiger partial charge in [0.05, 0.1) is 0 Å². The average Bonchev–Trinajstić information content (AvgIpc) is 3.34. The molecule has 4 rings (SSSR count). The van der Waals surface area contributed by atoms with Crippen LogP contribution in [0.25, 0.3) is 0 Å². The minimum Gasteiger partial charge on any atom is -0.477 e. The Morgan fingerprint density at radius 2 is 1.96 bits per heavy atom. The van der Waals surface area contributed by atoms with Gasteiger partial charge in [0.25, 0.3) is 5.91 Å². The lowest BCUT2D eigenvalue weighted by molar-refractivity contribution is 0.0690. The SMILES string of the molecule is O=C(O)c1cc(C(=O)N2Cc3ccccc3C3(CC3)C2)ccn1. The summed E-state index contributed by atoms with van der Waals surface area (Å²) < 4.78 is 0. The van der Waals surface area contributed by atoms with Crippen LogP contribution in [-0.2, 0) is 12.0 Å². The zero-order valence-corrected chi connectivity index (χ0v) is 12.5. The van der Waals surface area contributed by atoms with Crippen molar-refractivity contribution in [1.29, 1.82) is 0 Å². The molecule has 116 valence electrons. The van der Waals surface area contributed by atoms with E-state index in [1.807, 2.05) is 11.0 Å². The molecule has 1 fully saturated rings. The summed E-state index contributed by atoms with van der Waals surface area (Å²) in [6, 6.07) is 11.2. The first-order valence-corrected chi connectivity index (χ1v) is 7.66. The number of pyridine rings is 1. The first kappa shape index (κ1) is 13.9. The molecule has 5 nitrogen and oxygen atoms in total. The Bertz CT molecular complexity index is 811. The third kappa shape index (κ3) is 2.29. The van der Waals surface area contributed by atoms with Crippen molar-refractivity contribution in [3.8, 4) is 0 Å². The van der Waals surface area contributed by atoms with Gasteiger partial charge in [-0.25, -0.2) is 9.78 Å². The number of carboxylic acid groups (broad SMARTS) is 1. The van der Waals surface area contributed by atoms with Crippen LogP contribution in [0, 0.1) is 0 Å².